The molecule has 1 N–H and O–H groups in total. The largest absolute Gasteiger partial charge is 0.347 e. The van der Waals surface area contributed by atoms with E-state index < -0.39 is 0 Å². The Labute approximate surface area is 111 Å². The van der Waals surface area contributed by atoms with Crippen LogP contribution in [-0.2, 0) is 6.54 Å². The van der Waals surface area contributed by atoms with Crippen molar-refractivity contribution in [3.8, 4) is 0 Å². The van der Waals surface area contributed by atoms with Gasteiger partial charge in [-0.3, -0.25) is 9.78 Å². The SMILES string of the molecule is Cc1ncsc1CNC(=O)c1cncc(Br)c1. The van der Waals surface area contributed by atoms with Gasteiger partial charge in [-0.2, -0.15) is 0 Å². The normalized spacial score (nSPS) is 10.2. The van der Waals surface area contributed by atoms with Crippen molar-refractivity contribution in [3.63, 3.8) is 0 Å². The van der Waals surface area contributed by atoms with Crippen LogP contribution in [0.15, 0.2) is 28.4 Å². The molecule has 0 saturated carbocycles. The van der Waals surface area contributed by atoms with Crippen LogP contribution in [-0.4, -0.2) is 15.9 Å². The van der Waals surface area contributed by atoms with E-state index in [0.29, 0.717) is 12.1 Å². The maximum atomic E-state index is 11.8. The monoisotopic (exact) mass is 311 g/mol. The molecule has 88 valence electrons. The lowest BCUT2D eigenvalue weighted by atomic mass is 10.2. The van der Waals surface area contributed by atoms with Crippen molar-refractivity contribution < 1.29 is 4.79 Å². The van der Waals surface area contributed by atoms with Crippen LogP contribution in [0.3, 0.4) is 0 Å². The summed E-state index contributed by atoms with van der Waals surface area (Å²) in [6.07, 6.45) is 3.18. The van der Waals surface area contributed by atoms with Crippen molar-refractivity contribution in [3.05, 3.63) is 44.6 Å². The number of hydrogen-bond acceptors (Lipinski definition) is 4. The van der Waals surface area contributed by atoms with Crippen molar-refractivity contribution in [2.75, 3.05) is 0 Å². The Morgan fingerprint density at radius 2 is 2.35 bits per heavy atom. The third-order valence-electron chi connectivity index (χ3n) is 2.22. The molecule has 0 saturated heterocycles. The summed E-state index contributed by atoms with van der Waals surface area (Å²) in [4.78, 5) is 21.0. The fraction of sp³-hybridized carbons (Fsp3) is 0.182. The molecule has 2 heterocycles. The predicted octanol–water partition coefficient (Wildman–Crippen LogP) is 2.54. The Balaban J connectivity index is 2.01. The van der Waals surface area contributed by atoms with E-state index in [2.05, 4.69) is 31.2 Å². The van der Waals surface area contributed by atoms with E-state index in [-0.39, 0.29) is 5.91 Å². The van der Waals surface area contributed by atoms with Crippen LogP contribution in [0, 0.1) is 6.92 Å². The van der Waals surface area contributed by atoms with Gasteiger partial charge in [-0.1, -0.05) is 0 Å². The highest BCUT2D eigenvalue weighted by Crippen LogP contribution is 2.12. The lowest BCUT2D eigenvalue weighted by Gasteiger charge is -2.04. The number of aromatic nitrogens is 2. The van der Waals surface area contributed by atoms with Crippen molar-refractivity contribution in [2.24, 2.45) is 0 Å². The Kier molecular flexibility index (Phi) is 3.86. The van der Waals surface area contributed by atoms with Gasteiger partial charge in [0.2, 0.25) is 0 Å². The second-order valence-electron chi connectivity index (χ2n) is 3.44. The second-order valence-corrected chi connectivity index (χ2v) is 5.29. The number of pyridine rings is 1. The molecule has 2 aromatic rings. The average molecular weight is 312 g/mol. The molecule has 0 unspecified atom stereocenters. The summed E-state index contributed by atoms with van der Waals surface area (Å²) in [5.74, 6) is -0.133. The average Bonchev–Trinajstić information content (AvgIpc) is 2.72. The van der Waals surface area contributed by atoms with Gasteiger partial charge in [0.05, 0.1) is 23.3 Å². The topological polar surface area (TPSA) is 54.9 Å². The molecule has 0 aliphatic rings. The summed E-state index contributed by atoms with van der Waals surface area (Å²) in [6, 6.07) is 1.74. The molecule has 0 radical (unpaired) electrons. The summed E-state index contributed by atoms with van der Waals surface area (Å²) >= 11 is 4.82. The Morgan fingerprint density at radius 3 is 3.00 bits per heavy atom. The summed E-state index contributed by atoms with van der Waals surface area (Å²) < 4.78 is 0.791. The first-order valence-electron chi connectivity index (χ1n) is 4.94. The van der Waals surface area contributed by atoms with Crippen LogP contribution < -0.4 is 5.32 Å². The number of rotatable bonds is 3. The minimum Gasteiger partial charge on any atom is -0.347 e. The van der Waals surface area contributed by atoms with Gasteiger partial charge >= 0.3 is 0 Å². The molecule has 4 nitrogen and oxygen atoms in total. The smallest absolute Gasteiger partial charge is 0.253 e. The van der Waals surface area contributed by atoms with E-state index in [4.69, 9.17) is 0 Å². The molecule has 0 bridgehead atoms. The van der Waals surface area contributed by atoms with Gasteiger partial charge in [0.25, 0.3) is 5.91 Å². The number of nitrogens with one attached hydrogen (secondary N) is 1. The lowest BCUT2D eigenvalue weighted by molar-refractivity contribution is 0.0951. The van der Waals surface area contributed by atoms with E-state index >= 15 is 0 Å². The molecule has 2 rings (SSSR count). The highest BCUT2D eigenvalue weighted by Gasteiger charge is 2.08. The fourth-order valence-corrected chi connectivity index (χ4v) is 2.38. The van der Waals surface area contributed by atoms with Crippen molar-refractivity contribution >= 4 is 33.2 Å². The highest BCUT2D eigenvalue weighted by atomic mass is 79.9. The molecule has 0 atom stereocenters. The Morgan fingerprint density at radius 1 is 1.53 bits per heavy atom. The van der Waals surface area contributed by atoms with E-state index in [9.17, 15) is 4.79 Å². The van der Waals surface area contributed by atoms with Crippen molar-refractivity contribution in [1.29, 1.82) is 0 Å². The number of halogens is 1. The molecule has 0 fully saturated rings. The van der Waals surface area contributed by atoms with Gasteiger partial charge in [0.1, 0.15) is 0 Å². The van der Waals surface area contributed by atoms with Crippen molar-refractivity contribution in [2.45, 2.75) is 13.5 Å². The Bertz CT molecular complexity index is 541. The zero-order valence-corrected chi connectivity index (χ0v) is 11.5. The number of nitrogens with zero attached hydrogens (tertiary/aromatic N) is 2. The number of hydrogen-bond donors (Lipinski definition) is 1. The summed E-state index contributed by atoms with van der Waals surface area (Å²) in [5, 5.41) is 2.84. The number of thiazole rings is 1. The maximum Gasteiger partial charge on any atom is 0.253 e. The molecular formula is C11H10BrN3OS. The standard InChI is InChI=1S/C11H10BrN3OS/c1-7-10(17-6-15-7)5-14-11(16)8-2-9(12)4-13-3-8/h2-4,6H,5H2,1H3,(H,14,16). The predicted molar refractivity (Wildman–Crippen MR) is 70.0 cm³/mol. The first-order valence-corrected chi connectivity index (χ1v) is 6.62. The molecule has 2 aromatic heterocycles. The van der Waals surface area contributed by atoms with Gasteiger partial charge in [-0.25, -0.2) is 4.98 Å². The highest BCUT2D eigenvalue weighted by molar-refractivity contribution is 9.10. The first kappa shape index (κ1) is 12.2. The van der Waals surface area contributed by atoms with Crippen LogP contribution in [0.1, 0.15) is 20.9 Å². The maximum absolute atomic E-state index is 11.8. The fourth-order valence-electron chi connectivity index (χ4n) is 1.29. The zero-order chi connectivity index (χ0) is 12.3. The van der Waals surface area contributed by atoms with Crippen LogP contribution >= 0.6 is 27.3 Å². The van der Waals surface area contributed by atoms with Crippen LogP contribution in [0.25, 0.3) is 0 Å². The molecule has 0 aromatic carbocycles. The minimum atomic E-state index is -0.133. The van der Waals surface area contributed by atoms with E-state index in [1.807, 2.05) is 6.92 Å². The molecule has 17 heavy (non-hydrogen) atoms. The second kappa shape index (κ2) is 5.37. The number of amides is 1. The zero-order valence-electron chi connectivity index (χ0n) is 9.11. The van der Waals surface area contributed by atoms with Gasteiger partial charge in [0.15, 0.2) is 0 Å². The number of carbonyl (C=O) groups excluding carboxylic acids is 1. The number of carbonyl (C=O) groups is 1. The lowest BCUT2D eigenvalue weighted by Crippen LogP contribution is -2.22. The van der Waals surface area contributed by atoms with E-state index in [1.165, 1.54) is 11.3 Å². The van der Waals surface area contributed by atoms with Crippen LogP contribution in [0.5, 0.6) is 0 Å². The molecule has 6 heteroatoms. The van der Waals surface area contributed by atoms with Gasteiger partial charge in [-0.15, -0.1) is 11.3 Å². The Hall–Kier alpha value is -1.27. The third-order valence-corrected chi connectivity index (χ3v) is 3.59. The molecule has 0 spiro atoms. The minimum absolute atomic E-state index is 0.133. The summed E-state index contributed by atoms with van der Waals surface area (Å²) in [5.41, 5.74) is 3.28. The quantitative estimate of drug-likeness (QED) is 0.947. The molecule has 0 aliphatic heterocycles. The molecular weight excluding hydrogens is 302 g/mol. The van der Waals surface area contributed by atoms with E-state index in [1.54, 1.807) is 24.0 Å². The summed E-state index contributed by atoms with van der Waals surface area (Å²) in [7, 11) is 0. The first-order chi connectivity index (χ1) is 8.16. The number of aryl methyl sites for hydroxylation is 1. The van der Waals surface area contributed by atoms with Crippen LogP contribution in [0.2, 0.25) is 0 Å². The van der Waals surface area contributed by atoms with Crippen molar-refractivity contribution in [1.82, 2.24) is 15.3 Å². The third kappa shape index (κ3) is 3.10. The van der Waals surface area contributed by atoms with Gasteiger partial charge in [-0.05, 0) is 28.9 Å². The molecule has 0 aliphatic carbocycles. The summed E-state index contributed by atoms with van der Waals surface area (Å²) in [6.45, 7) is 2.43. The van der Waals surface area contributed by atoms with E-state index in [0.717, 1.165) is 15.0 Å². The molecule has 1 amide bonds. The van der Waals surface area contributed by atoms with Gasteiger partial charge in [0, 0.05) is 21.7 Å². The van der Waals surface area contributed by atoms with Gasteiger partial charge < -0.3 is 5.32 Å². The van der Waals surface area contributed by atoms with Crippen LogP contribution in [0.4, 0.5) is 0 Å².